The number of benzene rings is 3. The summed E-state index contributed by atoms with van der Waals surface area (Å²) in [4.78, 5) is 2.50. The summed E-state index contributed by atoms with van der Waals surface area (Å²) in [6.07, 6.45) is 1.94. The van der Waals surface area contributed by atoms with Gasteiger partial charge in [0.05, 0.1) is 0 Å². The molecule has 0 radical (unpaired) electrons. The van der Waals surface area contributed by atoms with Crippen LogP contribution in [-0.4, -0.2) is 35.7 Å². The number of fused-ring (bicyclic) bond motifs is 1. The molecule has 0 amide bonds. The molecule has 6 heteroatoms. The number of hydrogen-bond acceptors (Lipinski definition) is 4. The van der Waals surface area contributed by atoms with E-state index in [1.54, 1.807) is 24.3 Å². The summed E-state index contributed by atoms with van der Waals surface area (Å²) >= 11 is 0. The lowest BCUT2D eigenvalue weighted by Crippen LogP contribution is -2.35. The van der Waals surface area contributed by atoms with E-state index in [-0.39, 0.29) is 5.75 Å². The third kappa shape index (κ3) is 5.21. The van der Waals surface area contributed by atoms with Gasteiger partial charge in [-0.05, 0) is 91.9 Å². The van der Waals surface area contributed by atoms with Gasteiger partial charge in [0.1, 0.15) is 30.0 Å². The molecule has 0 aliphatic carbocycles. The quantitative estimate of drug-likeness (QED) is 0.368. The lowest BCUT2D eigenvalue weighted by Gasteiger charge is -2.31. The van der Waals surface area contributed by atoms with Crippen LogP contribution in [0.2, 0.25) is 0 Å². The van der Waals surface area contributed by atoms with Gasteiger partial charge in [-0.15, -0.1) is 0 Å². The van der Waals surface area contributed by atoms with Gasteiger partial charge >= 0.3 is 0 Å². The van der Waals surface area contributed by atoms with Gasteiger partial charge in [0.2, 0.25) is 0 Å². The van der Waals surface area contributed by atoms with Crippen LogP contribution < -0.4 is 9.47 Å². The maximum Gasteiger partial charge on any atom is 0.159 e. The Hall–Kier alpha value is -3.38. The zero-order valence-electron chi connectivity index (χ0n) is 21.5. The predicted molar refractivity (Wildman–Crippen MR) is 142 cm³/mol. The van der Waals surface area contributed by atoms with Crippen molar-refractivity contribution >= 4 is 11.1 Å². The summed E-state index contributed by atoms with van der Waals surface area (Å²) in [5.41, 5.74) is 3.67. The zero-order valence-corrected chi connectivity index (χ0v) is 21.5. The van der Waals surface area contributed by atoms with Gasteiger partial charge in [0.15, 0.2) is 11.6 Å². The average molecular weight is 506 g/mol. The smallest absolute Gasteiger partial charge is 0.159 e. The van der Waals surface area contributed by atoms with Gasteiger partial charge in [-0.3, -0.25) is 4.90 Å². The first kappa shape index (κ1) is 25.3. The van der Waals surface area contributed by atoms with Crippen molar-refractivity contribution < 1.29 is 23.4 Å². The normalized spacial score (nSPS) is 20.5. The molecule has 2 aliphatic rings. The second-order valence-corrected chi connectivity index (χ2v) is 10.1. The molecule has 194 valence electrons. The summed E-state index contributed by atoms with van der Waals surface area (Å²) in [6.45, 7) is 9.25. The van der Waals surface area contributed by atoms with E-state index in [1.165, 1.54) is 18.9 Å². The molecule has 0 aromatic heterocycles. The molecule has 4 nitrogen and oxygen atoms in total. The molecular formula is C31H33F2NO3. The number of rotatable bonds is 7. The molecule has 0 bridgehead atoms. The predicted octanol–water partition coefficient (Wildman–Crippen LogP) is 7.23. The molecular weight excluding hydrogens is 472 g/mol. The molecule has 37 heavy (non-hydrogen) atoms. The Bertz CT molecular complexity index is 1300. The van der Waals surface area contributed by atoms with Crippen molar-refractivity contribution in [2.24, 2.45) is 5.92 Å². The maximum absolute atomic E-state index is 14.2. The first-order chi connectivity index (χ1) is 17.8. The van der Waals surface area contributed by atoms with Crippen LogP contribution in [0.4, 0.5) is 8.78 Å². The second-order valence-electron chi connectivity index (χ2n) is 10.1. The summed E-state index contributed by atoms with van der Waals surface area (Å²) < 4.78 is 40.4. The Morgan fingerprint density at radius 3 is 2.54 bits per heavy atom. The lowest BCUT2D eigenvalue weighted by atomic mass is 9.86. The summed E-state index contributed by atoms with van der Waals surface area (Å²) in [5.74, 6) is 0.476. The number of likely N-dealkylation sites (tertiary alicyclic amines) is 1. The highest BCUT2D eigenvalue weighted by atomic mass is 19.2. The van der Waals surface area contributed by atoms with Crippen molar-refractivity contribution in [3.63, 3.8) is 0 Å². The minimum atomic E-state index is -0.917. The van der Waals surface area contributed by atoms with E-state index in [1.807, 2.05) is 31.2 Å². The fraction of sp³-hybridized carbons (Fsp3) is 0.355. The topological polar surface area (TPSA) is 41.9 Å². The molecule has 3 aromatic carbocycles. The molecule has 0 spiro atoms. The fourth-order valence-electron chi connectivity index (χ4n) is 5.36. The van der Waals surface area contributed by atoms with Gasteiger partial charge < -0.3 is 14.6 Å². The largest absolute Gasteiger partial charge is 0.508 e. The van der Waals surface area contributed by atoms with E-state index < -0.39 is 17.7 Å². The first-order valence-electron chi connectivity index (χ1n) is 13.0. The molecule has 5 rings (SSSR count). The second kappa shape index (κ2) is 10.5. The first-order valence-corrected chi connectivity index (χ1v) is 13.0. The van der Waals surface area contributed by atoms with Gasteiger partial charge in [-0.1, -0.05) is 31.5 Å². The van der Waals surface area contributed by atoms with Crippen LogP contribution in [0.5, 0.6) is 17.2 Å². The Kier molecular flexibility index (Phi) is 7.20. The third-order valence-corrected chi connectivity index (χ3v) is 7.70. The molecule has 1 N–H and O–H groups in total. The monoisotopic (exact) mass is 505 g/mol. The third-order valence-electron chi connectivity index (χ3n) is 7.70. The lowest BCUT2D eigenvalue weighted by molar-refractivity contribution is 0.168. The van der Waals surface area contributed by atoms with Crippen LogP contribution in [0, 0.1) is 17.6 Å². The van der Waals surface area contributed by atoms with Crippen LogP contribution in [0.3, 0.4) is 0 Å². The Morgan fingerprint density at radius 2 is 1.84 bits per heavy atom. The van der Waals surface area contributed by atoms with E-state index in [4.69, 9.17) is 9.47 Å². The van der Waals surface area contributed by atoms with Crippen molar-refractivity contribution in [1.82, 2.24) is 4.90 Å². The molecule has 0 saturated carbocycles. The number of phenols is 1. The minimum Gasteiger partial charge on any atom is -0.508 e. The number of halogens is 2. The van der Waals surface area contributed by atoms with Crippen LogP contribution >= 0.6 is 0 Å². The Morgan fingerprint density at radius 1 is 1.05 bits per heavy atom. The number of nitrogens with zero attached hydrogens (tertiary/aromatic N) is 1. The molecule has 1 fully saturated rings. The maximum atomic E-state index is 14.2. The Labute approximate surface area is 217 Å². The van der Waals surface area contributed by atoms with Crippen LogP contribution in [-0.2, 0) is 0 Å². The van der Waals surface area contributed by atoms with E-state index in [9.17, 15) is 13.9 Å². The molecule has 1 saturated heterocycles. The molecule has 2 aliphatic heterocycles. The van der Waals surface area contributed by atoms with Crippen LogP contribution in [0.1, 0.15) is 56.4 Å². The summed E-state index contributed by atoms with van der Waals surface area (Å²) in [6, 6.07) is 16.9. The highest BCUT2D eigenvalue weighted by Crippen LogP contribution is 2.47. The number of aromatic hydroxyl groups is 1. The van der Waals surface area contributed by atoms with Crippen molar-refractivity contribution in [2.75, 3.05) is 19.7 Å². The van der Waals surface area contributed by atoms with Gasteiger partial charge in [-0.2, -0.15) is 0 Å². The highest BCUT2D eigenvalue weighted by molar-refractivity contribution is 5.95. The summed E-state index contributed by atoms with van der Waals surface area (Å²) in [7, 11) is 0. The van der Waals surface area contributed by atoms with E-state index in [2.05, 4.69) is 18.7 Å². The minimum absolute atomic E-state index is 0.111. The van der Waals surface area contributed by atoms with Crippen molar-refractivity contribution in [3.05, 3.63) is 89.0 Å². The Balaban J connectivity index is 1.39. The number of ether oxygens (including phenoxy) is 2. The number of phenolic OH excluding ortho intramolecular Hbond substituents is 1. The van der Waals surface area contributed by atoms with Gasteiger partial charge in [0.25, 0.3) is 0 Å². The van der Waals surface area contributed by atoms with Crippen LogP contribution in [0.25, 0.3) is 11.1 Å². The SMILES string of the molecule is CC[C@@H]1CCN([C@@H](C)COc2ccc(C3Oc4ccc(O)cc4C(C)=C3c3ccc(F)c(F)c3)cc2)C1. The molecule has 3 atom stereocenters. The average Bonchev–Trinajstić information content (AvgIpc) is 3.39. The van der Waals surface area contributed by atoms with E-state index >= 15 is 0 Å². The van der Waals surface area contributed by atoms with Crippen molar-refractivity contribution in [2.45, 2.75) is 45.8 Å². The molecule has 1 unspecified atom stereocenters. The van der Waals surface area contributed by atoms with Gasteiger partial charge in [0, 0.05) is 23.7 Å². The van der Waals surface area contributed by atoms with E-state index in [0.29, 0.717) is 24.0 Å². The van der Waals surface area contributed by atoms with Crippen molar-refractivity contribution in [3.8, 4) is 17.2 Å². The summed E-state index contributed by atoms with van der Waals surface area (Å²) in [5, 5.41) is 10.0. The zero-order chi connectivity index (χ0) is 26.1. The highest BCUT2D eigenvalue weighted by Gasteiger charge is 2.30. The molecule has 2 heterocycles. The van der Waals surface area contributed by atoms with Crippen molar-refractivity contribution in [1.29, 1.82) is 0 Å². The number of allylic oxidation sites excluding steroid dienone is 1. The van der Waals surface area contributed by atoms with Crippen LogP contribution in [0.15, 0.2) is 60.7 Å². The van der Waals surface area contributed by atoms with E-state index in [0.717, 1.165) is 53.1 Å². The standard InChI is InChI=1S/C31H33F2NO3/c1-4-21-13-14-34(17-21)19(2)18-36-25-9-5-22(6-10-25)31-30(23-7-11-27(32)28(33)15-23)20(3)26-16-24(35)8-12-29(26)37-31/h5-12,15-16,19,21,31,35H,4,13-14,17-18H2,1-3H3/t19-,21+,31?/m0/s1. The van der Waals surface area contributed by atoms with Gasteiger partial charge in [-0.25, -0.2) is 8.78 Å². The fourth-order valence-corrected chi connectivity index (χ4v) is 5.36. The number of hydrogen-bond donors (Lipinski definition) is 1. The molecule has 3 aromatic rings.